The summed E-state index contributed by atoms with van der Waals surface area (Å²) in [5.74, 6) is -0.870. The lowest BCUT2D eigenvalue weighted by Crippen LogP contribution is -2.57. The Morgan fingerprint density at radius 3 is 2.19 bits per heavy atom. The molecule has 94 valence electrons. The summed E-state index contributed by atoms with van der Waals surface area (Å²) < 4.78 is -2.11. The summed E-state index contributed by atoms with van der Waals surface area (Å²) in [7, 11) is 0. The predicted octanol–water partition coefficient (Wildman–Crippen LogP) is -0.282. The average Bonchev–Trinajstić information content (AvgIpc) is 2.17. The van der Waals surface area contributed by atoms with E-state index in [9.17, 15) is 20.1 Å². The zero-order valence-corrected chi connectivity index (χ0v) is 10.4. The van der Waals surface area contributed by atoms with Gasteiger partial charge >= 0.3 is 0 Å². The van der Waals surface area contributed by atoms with Gasteiger partial charge in [0, 0.05) is 0 Å². The summed E-state index contributed by atoms with van der Waals surface area (Å²) in [6.45, 7) is 0. The minimum atomic E-state index is -2.11. The molecule has 0 spiro atoms. The zero-order chi connectivity index (χ0) is 12.5. The van der Waals surface area contributed by atoms with Crippen molar-refractivity contribution in [3.05, 3.63) is 0 Å². The van der Waals surface area contributed by atoms with E-state index in [0.717, 1.165) is 0 Å². The number of amides is 1. The molecule has 4 N–H and O–H groups in total. The molecule has 0 aromatic rings. The van der Waals surface area contributed by atoms with Crippen LogP contribution in [0.15, 0.2) is 0 Å². The van der Waals surface area contributed by atoms with Gasteiger partial charge in [-0.25, -0.2) is 0 Å². The first-order chi connectivity index (χ1) is 7.23. The number of aliphatic hydroxyl groups is 3. The highest BCUT2D eigenvalue weighted by Gasteiger charge is 2.40. The largest absolute Gasteiger partial charge is 0.390 e. The number of aliphatic hydroxyl groups excluding tert-OH is 3. The highest BCUT2D eigenvalue weighted by molar-refractivity contribution is 6.76. The van der Waals surface area contributed by atoms with E-state index < -0.39 is 34.1 Å². The lowest BCUT2D eigenvalue weighted by atomic mass is 9.88. The second-order valence-corrected chi connectivity index (χ2v) is 5.98. The summed E-state index contributed by atoms with van der Waals surface area (Å²) in [6.07, 6.45) is -3.04. The number of carbonyl (C=O) groups excluding carboxylic acids is 1. The highest BCUT2D eigenvalue weighted by atomic mass is 35.6. The monoisotopic (exact) mass is 291 g/mol. The van der Waals surface area contributed by atoms with Crippen LogP contribution in [0.5, 0.6) is 0 Å². The maximum absolute atomic E-state index is 11.3. The Morgan fingerprint density at radius 2 is 1.69 bits per heavy atom. The minimum Gasteiger partial charge on any atom is -0.390 e. The number of carbonyl (C=O) groups is 1. The van der Waals surface area contributed by atoms with Gasteiger partial charge in [0.15, 0.2) is 0 Å². The van der Waals surface area contributed by atoms with Crippen molar-refractivity contribution in [2.24, 2.45) is 0 Å². The van der Waals surface area contributed by atoms with Gasteiger partial charge in [0.1, 0.15) is 12.2 Å². The van der Waals surface area contributed by atoms with Crippen LogP contribution in [-0.2, 0) is 4.79 Å². The molecule has 0 saturated heterocycles. The topological polar surface area (TPSA) is 89.8 Å². The Morgan fingerprint density at radius 1 is 1.12 bits per heavy atom. The molecule has 1 fully saturated rings. The summed E-state index contributed by atoms with van der Waals surface area (Å²) >= 11 is 16.0. The number of alkyl halides is 3. The van der Waals surface area contributed by atoms with Crippen molar-refractivity contribution >= 4 is 40.7 Å². The fraction of sp³-hybridized carbons (Fsp3) is 0.875. The molecule has 1 aliphatic carbocycles. The molecule has 16 heavy (non-hydrogen) atoms. The Labute approximate surface area is 107 Å². The molecule has 1 aliphatic rings. The molecular formula is C8H12Cl3NO4. The van der Waals surface area contributed by atoms with E-state index in [1.165, 1.54) is 0 Å². The van der Waals surface area contributed by atoms with Gasteiger partial charge in [0.05, 0.1) is 12.1 Å². The first-order valence-electron chi connectivity index (χ1n) is 4.65. The molecular weight excluding hydrogens is 280 g/mol. The van der Waals surface area contributed by atoms with Crippen LogP contribution in [0.2, 0.25) is 0 Å². The molecule has 0 aromatic heterocycles. The molecule has 0 bridgehead atoms. The van der Waals surface area contributed by atoms with E-state index >= 15 is 0 Å². The van der Waals surface area contributed by atoms with Crippen LogP contribution < -0.4 is 5.32 Å². The lowest BCUT2D eigenvalue weighted by molar-refractivity contribution is -0.127. The van der Waals surface area contributed by atoms with Crippen LogP contribution in [0.3, 0.4) is 0 Å². The smallest absolute Gasteiger partial charge is 0.272 e. The van der Waals surface area contributed by atoms with Crippen molar-refractivity contribution in [3.63, 3.8) is 0 Å². The normalized spacial score (nSPS) is 35.9. The van der Waals surface area contributed by atoms with Crippen molar-refractivity contribution in [3.8, 4) is 0 Å². The third-order valence-electron chi connectivity index (χ3n) is 2.50. The van der Waals surface area contributed by atoms with Gasteiger partial charge in [0.2, 0.25) is 0 Å². The van der Waals surface area contributed by atoms with Crippen molar-refractivity contribution in [2.75, 3.05) is 0 Å². The van der Waals surface area contributed by atoms with Crippen LogP contribution in [0.4, 0.5) is 0 Å². The summed E-state index contributed by atoms with van der Waals surface area (Å²) in [6, 6.07) is -0.735. The Balaban J connectivity index is 2.59. The molecule has 1 amide bonds. The highest BCUT2D eigenvalue weighted by Crippen LogP contribution is 2.27. The molecule has 0 unspecified atom stereocenters. The Bertz CT molecular complexity index is 270. The number of nitrogens with one attached hydrogen (secondary N) is 1. The molecule has 0 aromatic carbocycles. The van der Waals surface area contributed by atoms with Gasteiger partial charge in [-0.2, -0.15) is 0 Å². The molecule has 0 aliphatic heterocycles. The molecule has 8 heteroatoms. The fourth-order valence-corrected chi connectivity index (χ4v) is 1.73. The fourth-order valence-electron chi connectivity index (χ4n) is 1.57. The number of halogens is 3. The summed E-state index contributed by atoms with van der Waals surface area (Å²) in [5, 5.41) is 30.5. The SMILES string of the molecule is O=C(N[C@H]1CC[C@H](O)[C@@H](O)[C@H]1O)C(Cl)(Cl)Cl. The third-order valence-corrected chi connectivity index (χ3v) is 3.02. The van der Waals surface area contributed by atoms with E-state index in [2.05, 4.69) is 5.32 Å². The molecule has 5 nitrogen and oxygen atoms in total. The third kappa shape index (κ3) is 3.35. The Hall–Kier alpha value is 0.220. The van der Waals surface area contributed by atoms with Gasteiger partial charge in [-0.05, 0) is 12.8 Å². The predicted molar refractivity (Wildman–Crippen MR) is 59.5 cm³/mol. The maximum atomic E-state index is 11.3. The molecule has 1 saturated carbocycles. The number of hydrogen-bond donors (Lipinski definition) is 4. The van der Waals surface area contributed by atoms with E-state index in [4.69, 9.17) is 34.8 Å². The summed E-state index contributed by atoms with van der Waals surface area (Å²) in [5.41, 5.74) is 0. The van der Waals surface area contributed by atoms with E-state index in [1.807, 2.05) is 0 Å². The number of rotatable bonds is 1. The standard InChI is InChI=1S/C8H12Cl3NO4/c9-8(10,11)7(16)12-3-1-2-4(13)6(15)5(3)14/h3-6,13-15H,1-2H2,(H,12,16)/t3-,4-,5-,6+/m0/s1. The van der Waals surface area contributed by atoms with Crippen molar-refractivity contribution in [1.29, 1.82) is 0 Å². The van der Waals surface area contributed by atoms with Crippen molar-refractivity contribution in [2.45, 2.75) is 41.0 Å². The van der Waals surface area contributed by atoms with Crippen molar-refractivity contribution < 1.29 is 20.1 Å². The van der Waals surface area contributed by atoms with E-state index in [0.29, 0.717) is 6.42 Å². The number of hydrogen-bond acceptors (Lipinski definition) is 4. The van der Waals surface area contributed by atoms with Crippen LogP contribution in [0.1, 0.15) is 12.8 Å². The Kier molecular flexibility index (Phi) is 4.68. The van der Waals surface area contributed by atoms with Gasteiger partial charge in [0.25, 0.3) is 9.70 Å². The molecule has 0 heterocycles. The van der Waals surface area contributed by atoms with Gasteiger partial charge in [-0.3, -0.25) is 4.79 Å². The van der Waals surface area contributed by atoms with E-state index in [1.54, 1.807) is 0 Å². The van der Waals surface area contributed by atoms with Gasteiger partial charge in [-0.15, -0.1) is 0 Å². The van der Waals surface area contributed by atoms with Crippen LogP contribution in [0.25, 0.3) is 0 Å². The lowest BCUT2D eigenvalue weighted by Gasteiger charge is -2.35. The van der Waals surface area contributed by atoms with Crippen LogP contribution in [-0.4, -0.2) is 49.4 Å². The molecule has 1 rings (SSSR count). The van der Waals surface area contributed by atoms with E-state index in [-0.39, 0.29) is 6.42 Å². The van der Waals surface area contributed by atoms with Crippen molar-refractivity contribution in [1.82, 2.24) is 5.32 Å². The first kappa shape index (κ1) is 14.3. The minimum absolute atomic E-state index is 0.253. The van der Waals surface area contributed by atoms with Gasteiger partial charge < -0.3 is 20.6 Å². The second-order valence-electron chi connectivity index (χ2n) is 3.70. The molecule has 0 radical (unpaired) electrons. The average molecular weight is 293 g/mol. The maximum Gasteiger partial charge on any atom is 0.272 e. The molecule has 4 atom stereocenters. The quantitative estimate of drug-likeness (QED) is 0.500. The summed E-state index contributed by atoms with van der Waals surface area (Å²) in [4.78, 5) is 11.3. The van der Waals surface area contributed by atoms with Crippen LogP contribution in [0, 0.1) is 0 Å². The second kappa shape index (κ2) is 5.25. The zero-order valence-electron chi connectivity index (χ0n) is 8.11. The van der Waals surface area contributed by atoms with Crippen LogP contribution >= 0.6 is 34.8 Å². The first-order valence-corrected chi connectivity index (χ1v) is 5.78. The van der Waals surface area contributed by atoms with Gasteiger partial charge in [-0.1, -0.05) is 34.8 Å².